The Kier molecular flexibility index (Phi) is 10.5. The first kappa shape index (κ1) is 30.2. The molecule has 214 valence electrons. The molecule has 39 heavy (non-hydrogen) atoms. The molecule has 0 spiro atoms. The van der Waals surface area contributed by atoms with E-state index in [-0.39, 0.29) is 40.0 Å². The lowest BCUT2D eigenvalue weighted by atomic mass is 9.97. The van der Waals surface area contributed by atoms with E-state index in [0.717, 1.165) is 30.0 Å². The Hall–Kier alpha value is -3.37. The number of piperidine rings is 1. The number of likely N-dealkylation sites (tertiary alicyclic amines) is 1. The summed E-state index contributed by atoms with van der Waals surface area (Å²) in [4.78, 5) is 44.0. The smallest absolute Gasteiger partial charge is 0.469 e. The molecule has 0 aliphatic carbocycles. The van der Waals surface area contributed by atoms with Crippen molar-refractivity contribution < 1.29 is 41.8 Å². The number of thioether (sulfide) groups is 1. The first-order valence-electron chi connectivity index (χ1n) is 11.9. The molecule has 2 aliphatic heterocycles. The third kappa shape index (κ3) is 9.40. The van der Waals surface area contributed by atoms with Crippen LogP contribution in [0, 0.1) is 11.3 Å². The normalized spacial score (nSPS) is 17.4. The minimum atomic E-state index is -5.03. The Morgan fingerprint density at radius 2 is 1.87 bits per heavy atom. The predicted octanol–water partition coefficient (Wildman–Crippen LogP) is 1.86. The van der Waals surface area contributed by atoms with Crippen molar-refractivity contribution >= 4 is 45.6 Å². The highest BCUT2D eigenvalue weighted by Gasteiger charge is 2.33. The summed E-state index contributed by atoms with van der Waals surface area (Å²) in [7, 11) is 1.32. The number of alkyl halides is 3. The van der Waals surface area contributed by atoms with Crippen LogP contribution in [-0.2, 0) is 19.1 Å². The van der Waals surface area contributed by atoms with Crippen molar-refractivity contribution in [3.05, 3.63) is 23.8 Å². The van der Waals surface area contributed by atoms with Crippen molar-refractivity contribution in [2.45, 2.75) is 19.2 Å². The van der Waals surface area contributed by atoms with E-state index in [9.17, 15) is 27.6 Å². The van der Waals surface area contributed by atoms with Gasteiger partial charge in [0.25, 0.3) is 5.91 Å². The van der Waals surface area contributed by atoms with E-state index in [1.165, 1.54) is 7.11 Å². The Morgan fingerprint density at radius 1 is 1.21 bits per heavy atom. The van der Waals surface area contributed by atoms with Gasteiger partial charge in [-0.25, -0.2) is 0 Å². The van der Waals surface area contributed by atoms with Gasteiger partial charge in [0.1, 0.15) is 0 Å². The number of anilines is 1. The number of amides is 2. The number of hydrogen-bond donors (Lipinski definition) is 3. The number of hydrogen-bond acceptors (Lipinski definition) is 9. The van der Waals surface area contributed by atoms with Crippen molar-refractivity contribution in [1.82, 2.24) is 9.80 Å². The second-order valence-corrected chi connectivity index (χ2v) is 9.65. The fourth-order valence-corrected chi connectivity index (χ4v) is 4.60. The number of methoxy groups -OCH3 is 1. The van der Waals surface area contributed by atoms with Crippen LogP contribution in [0.15, 0.2) is 23.2 Å². The third-order valence-electron chi connectivity index (χ3n) is 5.93. The molecular formula is C23H29F3N6O6S. The van der Waals surface area contributed by atoms with Crippen LogP contribution in [0.25, 0.3) is 0 Å². The van der Waals surface area contributed by atoms with Gasteiger partial charge in [0.15, 0.2) is 16.1 Å². The quantitative estimate of drug-likeness (QED) is 0.260. The van der Waals surface area contributed by atoms with E-state index in [2.05, 4.69) is 15.0 Å². The highest BCUT2D eigenvalue weighted by atomic mass is 32.2. The molecule has 0 radical (unpaired) electrons. The topological polar surface area (TPSA) is 160 Å². The molecule has 1 aromatic rings. The van der Waals surface area contributed by atoms with Gasteiger partial charge in [0, 0.05) is 31.7 Å². The summed E-state index contributed by atoms with van der Waals surface area (Å²) in [6.07, 6.45) is -4.03. The van der Waals surface area contributed by atoms with Crippen LogP contribution >= 0.6 is 11.8 Å². The highest BCUT2D eigenvalue weighted by Crippen LogP contribution is 2.31. The summed E-state index contributed by atoms with van der Waals surface area (Å²) in [6.45, 7) is 2.58. The fourth-order valence-electron chi connectivity index (χ4n) is 3.96. The number of esters is 1. The first-order valence-corrected chi connectivity index (χ1v) is 12.7. The van der Waals surface area contributed by atoms with Gasteiger partial charge in [-0.2, -0.15) is 4.99 Å². The summed E-state index contributed by atoms with van der Waals surface area (Å²) in [6, 6.07) is 2.98. The number of amidine groups is 2. The van der Waals surface area contributed by atoms with E-state index >= 15 is 0 Å². The van der Waals surface area contributed by atoms with Crippen molar-refractivity contribution in [3.63, 3.8) is 0 Å². The van der Waals surface area contributed by atoms with Gasteiger partial charge in [0.2, 0.25) is 5.91 Å². The van der Waals surface area contributed by atoms with Crippen LogP contribution < -0.4 is 15.8 Å². The van der Waals surface area contributed by atoms with Crippen LogP contribution in [0.2, 0.25) is 0 Å². The number of ether oxygens (including phenoxy) is 3. The number of morpholine rings is 1. The molecule has 2 fully saturated rings. The molecule has 16 heteroatoms. The monoisotopic (exact) mass is 574 g/mol. The fraction of sp³-hybridized carbons (Fsp3) is 0.522. The van der Waals surface area contributed by atoms with Gasteiger partial charge in [-0.1, -0.05) is 0 Å². The van der Waals surface area contributed by atoms with Crippen LogP contribution in [0.3, 0.4) is 0 Å². The van der Waals surface area contributed by atoms with E-state index in [1.807, 2.05) is 0 Å². The zero-order valence-electron chi connectivity index (χ0n) is 21.1. The summed E-state index contributed by atoms with van der Waals surface area (Å²) >= 11 is 0.731. The lowest BCUT2D eigenvalue weighted by Gasteiger charge is -2.31. The Morgan fingerprint density at radius 3 is 2.49 bits per heavy atom. The number of carbonyl (C=O) groups excluding carboxylic acids is 3. The van der Waals surface area contributed by atoms with Crippen LogP contribution in [0.4, 0.5) is 18.9 Å². The maximum absolute atomic E-state index is 12.9. The van der Waals surface area contributed by atoms with E-state index in [1.54, 1.807) is 9.80 Å². The summed E-state index contributed by atoms with van der Waals surface area (Å²) in [5.74, 6) is -2.73. The zero-order valence-corrected chi connectivity index (χ0v) is 21.9. The minimum absolute atomic E-state index is 0.0253. The van der Waals surface area contributed by atoms with Crippen molar-refractivity contribution in [3.8, 4) is 5.75 Å². The molecule has 4 N–H and O–H groups in total. The molecule has 2 heterocycles. The van der Waals surface area contributed by atoms with Gasteiger partial charge in [-0.15, -0.1) is 13.2 Å². The maximum atomic E-state index is 12.9. The molecule has 2 aliphatic rings. The number of benzene rings is 1. The first-order chi connectivity index (χ1) is 18.4. The summed E-state index contributed by atoms with van der Waals surface area (Å²) in [5, 5.41) is 10.4. The number of nitrogens with zero attached hydrogens (tertiary/aromatic N) is 3. The van der Waals surface area contributed by atoms with Gasteiger partial charge in [0.05, 0.1) is 38.5 Å². The SMILES string of the molecule is COC(=O)C1CCN(C(=N)SC(N)=NC(=O)c2ccc(OC(F)(F)F)c(NC(=O)CN3CCOCC3)c2)CC1. The van der Waals surface area contributed by atoms with Crippen LogP contribution in [0.5, 0.6) is 5.75 Å². The average molecular weight is 575 g/mol. The lowest BCUT2D eigenvalue weighted by Crippen LogP contribution is -2.41. The largest absolute Gasteiger partial charge is 0.573 e. The lowest BCUT2D eigenvalue weighted by molar-refractivity contribution is -0.274. The number of rotatable bonds is 6. The molecule has 1 aromatic carbocycles. The van der Waals surface area contributed by atoms with E-state index < -0.39 is 23.9 Å². The highest BCUT2D eigenvalue weighted by molar-refractivity contribution is 8.26. The number of aliphatic imine (C=N–C) groups is 1. The molecule has 12 nitrogen and oxygen atoms in total. The van der Waals surface area contributed by atoms with Gasteiger partial charge in [-0.3, -0.25) is 24.7 Å². The molecule has 0 atom stereocenters. The zero-order chi connectivity index (χ0) is 28.6. The standard InChI is InChI=1S/C23H29F3N6O6S/c1-36-20(35)14-4-6-32(7-5-14)22(28)39-21(27)30-19(34)15-2-3-17(38-23(24,25)26)16(12-15)29-18(33)13-31-8-10-37-11-9-31/h2-3,12,14,28H,4-11,13H2,1H3,(H,29,33)(H2,27,30,34). The van der Waals surface area contributed by atoms with Gasteiger partial charge >= 0.3 is 12.3 Å². The Labute approximate surface area is 226 Å². The molecular weight excluding hydrogens is 545 g/mol. The predicted molar refractivity (Wildman–Crippen MR) is 137 cm³/mol. The number of carbonyl (C=O) groups is 3. The van der Waals surface area contributed by atoms with Crippen molar-refractivity contribution in [2.24, 2.45) is 16.6 Å². The van der Waals surface area contributed by atoms with E-state index in [4.69, 9.17) is 20.6 Å². The average Bonchev–Trinajstić information content (AvgIpc) is 2.88. The second kappa shape index (κ2) is 13.6. The number of nitrogens with one attached hydrogen (secondary N) is 2. The molecule has 2 amide bonds. The molecule has 3 rings (SSSR count). The third-order valence-corrected chi connectivity index (χ3v) is 6.68. The summed E-state index contributed by atoms with van der Waals surface area (Å²) < 4.78 is 52.7. The molecule has 0 saturated carbocycles. The molecule has 2 saturated heterocycles. The number of nitrogens with two attached hydrogens (primary N) is 1. The van der Waals surface area contributed by atoms with Crippen molar-refractivity contribution in [1.29, 1.82) is 5.41 Å². The van der Waals surface area contributed by atoms with Crippen LogP contribution in [0.1, 0.15) is 23.2 Å². The minimum Gasteiger partial charge on any atom is -0.469 e. The Bertz CT molecular complexity index is 1100. The Balaban J connectivity index is 1.66. The van der Waals surface area contributed by atoms with Gasteiger partial charge < -0.3 is 30.2 Å². The van der Waals surface area contributed by atoms with E-state index in [0.29, 0.717) is 52.2 Å². The van der Waals surface area contributed by atoms with Crippen LogP contribution in [-0.4, -0.2) is 97.3 Å². The molecule has 0 unspecified atom stereocenters. The van der Waals surface area contributed by atoms with Crippen molar-refractivity contribution in [2.75, 3.05) is 58.4 Å². The van der Waals surface area contributed by atoms with Gasteiger partial charge in [-0.05, 0) is 42.8 Å². The molecule has 0 bridgehead atoms. The second-order valence-electron chi connectivity index (χ2n) is 8.64. The number of halogens is 3. The molecule has 0 aromatic heterocycles. The maximum Gasteiger partial charge on any atom is 0.573 e. The summed E-state index contributed by atoms with van der Waals surface area (Å²) in [5.41, 5.74) is 5.33.